The number of benzene rings is 7. The highest BCUT2D eigenvalue weighted by Gasteiger charge is 2.20. The van der Waals surface area contributed by atoms with Crippen LogP contribution < -0.4 is 4.74 Å². The van der Waals surface area contributed by atoms with Crippen LogP contribution in [0, 0.1) is 20.8 Å². The lowest BCUT2D eigenvalue weighted by Crippen LogP contribution is -2.10. The molecule has 8 aromatic rings. The molecule has 54 heavy (non-hydrogen) atoms. The van der Waals surface area contributed by atoms with Crippen LogP contribution in [0.5, 0.6) is 5.75 Å². The number of hydrogen-bond acceptors (Lipinski definition) is 2. The Morgan fingerprint density at radius 3 is 1.78 bits per heavy atom. The molecule has 2 nitrogen and oxygen atoms in total. The van der Waals surface area contributed by atoms with Crippen molar-refractivity contribution in [2.75, 3.05) is 0 Å². The monoisotopic (exact) mass is 697 g/mol. The minimum atomic E-state index is -0.261. The third-order valence-corrected chi connectivity index (χ3v) is 10.2. The number of rotatable bonds is 9. The Morgan fingerprint density at radius 2 is 1.11 bits per heavy atom. The van der Waals surface area contributed by atoms with Gasteiger partial charge in [0.2, 0.25) is 0 Å². The minimum absolute atomic E-state index is 0.261. The van der Waals surface area contributed by atoms with Crippen molar-refractivity contribution in [3.63, 3.8) is 0 Å². The van der Waals surface area contributed by atoms with Crippen LogP contribution in [0.3, 0.4) is 0 Å². The molecule has 0 amide bonds. The molecule has 1 unspecified atom stereocenters. The quantitative estimate of drug-likeness (QED) is 0.140. The first-order chi connectivity index (χ1) is 26.3. The molecule has 1 aromatic heterocycles. The van der Waals surface area contributed by atoms with E-state index in [0.717, 1.165) is 67.2 Å². The van der Waals surface area contributed by atoms with Crippen LogP contribution in [-0.2, 0) is 0 Å². The Kier molecular flexibility index (Phi) is 9.51. The molecule has 1 heterocycles. The summed E-state index contributed by atoms with van der Waals surface area (Å²) >= 11 is 0. The van der Waals surface area contributed by atoms with E-state index in [1.54, 1.807) is 0 Å². The van der Waals surface area contributed by atoms with Crippen molar-refractivity contribution in [1.29, 1.82) is 0 Å². The molecule has 8 rings (SSSR count). The van der Waals surface area contributed by atoms with Crippen LogP contribution in [0.15, 0.2) is 182 Å². The molecule has 1 atom stereocenters. The maximum atomic E-state index is 6.89. The van der Waals surface area contributed by atoms with Crippen molar-refractivity contribution in [1.82, 2.24) is 4.98 Å². The summed E-state index contributed by atoms with van der Waals surface area (Å²) in [4.78, 5) is 5.13. The Labute approximate surface area is 319 Å². The summed E-state index contributed by atoms with van der Waals surface area (Å²) in [6.07, 6.45) is -0.261. The van der Waals surface area contributed by atoms with Gasteiger partial charge in [-0.2, -0.15) is 0 Å². The molecule has 0 saturated heterocycles. The minimum Gasteiger partial charge on any atom is -0.481 e. The summed E-state index contributed by atoms with van der Waals surface area (Å²) in [5, 5.41) is 2.40. The van der Waals surface area contributed by atoms with Gasteiger partial charge in [0.15, 0.2) is 0 Å². The molecule has 0 spiro atoms. The van der Waals surface area contributed by atoms with E-state index in [-0.39, 0.29) is 6.10 Å². The third kappa shape index (κ3) is 6.99. The van der Waals surface area contributed by atoms with Gasteiger partial charge in [0.05, 0.1) is 11.4 Å². The Morgan fingerprint density at radius 1 is 0.519 bits per heavy atom. The number of fused-ring (bicyclic) bond motifs is 1. The molecule has 2 heteroatoms. The first kappa shape index (κ1) is 34.6. The fourth-order valence-corrected chi connectivity index (χ4v) is 7.63. The van der Waals surface area contributed by atoms with Gasteiger partial charge < -0.3 is 4.74 Å². The summed E-state index contributed by atoms with van der Waals surface area (Å²) in [5.41, 5.74) is 16.6. The fourth-order valence-electron chi connectivity index (χ4n) is 7.63. The van der Waals surface area contributed by atoms with Crippen molar-refractivity contribution in [3.8, 4) is 61.6 Å². The topological polar surface area (TPSA) is 22.1 Å². The lowest BCUT2D eigenvalue weighted by molar-refractivity contribution is 0.241. The van der Waals surface area contributed by atoms with Crippen molar-refractivity contribution in [2.24, 2.45) is 0 Å². The van der Waals surface area contributed by atoms with Gasteiger partial charge in [-0.1, -0.05) is 163 Å². The third-order valence-electron chi connectivity index (χ3n) is 10.2. The first-order valence-electron chi connectivity index (χ1n) is 18.6. The molecule has 0 saturated carbocycles. The van der Waals surface area contributed by atoms with Crippen LogP contribution >= 0.6 is 0 Å². The number of aryl methyl sites for hydroxylation is 2. The van der Waals surface area contributed by atoms with E-state index in [9.17, 15) is 0 Å². The molecule has 0 aliphatic rings. The van der Waals surface area contributed by atoms with E-state index >= 15 is 0 Å². The average Bonchev–Trinajstić information content (AvgIpc) is 3.20. The molecule has 0 aliphatic carbocycles. The van der Waals surface area contributed by atoms with Gasteiger partial charge in [0, 0.05) is 11.1 Å². The normalized spacial score (nSPS) is 11.7. The summed E-state index contributed by atoms with van der Waals surface area (Å²) in [5.74, 6) is 0.853. The Balaban J connectivity index is 1.26. The fraction of sp³-hybridized carbons (Fsp3) is 0.0962. The van der Waals surface area contributed by atoms with Crippen molar-refractivity contribution < 1.29 is 4.74 Å². The molecule has 0 fully saturated rings. The van der Waals surface area contributed by atoms with E-state index < -0.39 is 0 Å². The lowest BCUT2D eigenvalue weighted by atomic mass is 9.87. The molecule has 0 bridgehead atoms. The largest absolute Gasteiger partial charge is 0.481 e. The molecular formula is C52H43NO. The maximum absolute atomic E-state index is 6.89. The number of aromatic nitrogens is 1. The number of hydrogen-bond donors (Lipinski definition) is 0. The second-order valence-corrected chi connectivity index (χ2v) is 14.3. The lowest BCUT2D eigenvalue weighted by Gasteiger charge is -2.24. The van der Waals surface area contributed by atoms with Crippen LogP contribution in [0.1, 0.15) is 35.3 Å². The number of pyridine rings is 1. The van der Waals surface area contributed by atoms with Gasteiger partial charge in [-0.05, 0) is 113 Å². The summed E-state index contributed by atoms with van der Waals surface area (Å²) in [7, 11) is 0. The second-order valence-electron chi connectivity index (χ2n) is 14.3. The highest BCUT2D eigenvalue weighted by molar-refractivity contribution is 6.05. The van der Waals surface area contributed by atoms with Crippen molar-refractivity contribution in [3.05, 3.63) is 204 Å². The van der Waals surface area contributed by atoms with Crippen molar-refractivity contribution in [2.45, 2.75) is 33.8 Å². The van der Waals surface area contributed by atoms with Crippen LogP contribution in [0.2, 0.25) is 0 Å². The van der Waals surface area contributed by atoms with Crippen LogP contribution in [0.25, 0.3) is 66.7 Å². The average molecular weight is 698 g/mol. The zero-order valence-corrected chi connectivity index (χ0v) is 31.3. The van der Waals surface area contributed by atoms with E-state index in [0.29, 0.717) is 0 Å². The number of nitrogens with zero attached hydrogens (tertiary/aromatic N) is 1. The molecular weight excluding hydrogens is 655 g/mol. The predicted molar refractivity (Wildman–Crippen MR) is 228 cm³/mol. The van der Waals surface area contributed by atoms with Gasteiger partial charge in [-0.3, -0.25) is 0 Å². The zero-order chi connectivity index (χ0) is 37.2. The van der Waals surface area contributed by atoms with Crippen LogP contribution in [0.4, 0.5) is 0 Å². The maximum Gasteiger partial charge on any atom is 0.144 e. The molecule has 0 radical (unpaired) electrons. The highest BCUT2D eigenvalue weighted by Crippen LogP contribution is 2.43. The van der Waals surface area contributed by atoms with E-state index in [4.69, 9.17) is 9.72 Å². The highest BCUT2D eigenvalue weighted by atomic mass is 16.5. The van der Waals surface area contributed by atoms with Gasteiger partial charge in [0.1, 0.15) is 11.9 Å². The van der Waals surface area contributed by atoms with E-state index in [1.807, 2.05) is 19.1 Å². The first-order valence-corrected chi connectivity index (χ1v) is 18.6. The molecule has 0 N–H and O–H groups in total. The summed E-state index contributed by atoms with van der Waals surface area (Å²) in [6, 6.07) is 60.4. The Bertz CT molecular complexity index is 2560. The van der Waals surface area contributed by atoms with E-state index in [2.05, 4.69) is 185 Å². The van der Waals surface area contributed by atoms with Gasteiger partial charge >= 0.3 is 0 Å². The number of ether oxygens (including phenoxy) is 1. The van der Waals surface area contributed by atoms with Crippen molar-refractivity contribution >= 4 is 10.8 Å². The summed E-state index contributed by atoms with van der Waals surface area (Å²) in [6.45, 7) is 12.8. The zero-order valence-electron chi connectivity index (χ0n) is 31.3. The molecule has 7 aromatic carbocycles. The SMILES string of the molecule is C=C(C)C(Oc1cccc(-c2c(-c3cccc(-c4cc(-c5ccccc5)nc(-c5ccccc5)c4)c3)ccc3ccccc23)c1C)c1cc(C)cc(C)c1. The van der Waals surface area contributed by atoms with E-state index in [1.165, 1.54) is 33.0 Å². The Hall–Kier alpha value is -6.51. The molecule has 0 aliphatic heterocycles. The second kappa shape index (κ2) is 14.8. The van der Waals surface area contributed by atoms with Crippen LogP contribution in [-0.4, -0.2) is 4.98 Å². The smallest absolute Gasteiger partial charge is 0.144 e. The predicted octanol–water partition coefficient (Wildman–Crippen LogP) is 14.2. The van der Waals surface area contributed by atoms with Gasteiger partial charge in [-0.15, -0.1) is 0 Å². The van der Waals surface area contributed by atoms with Gasteiger partial charge in [0.25, 0.3) is 0 Å². The van der Waals surface area contributed by atoms with Gasteiger partial charge in [-0.25, -0.2) is 4.98 Å². The summed E-state index contributed by atoms with van der Waals surface area (Å²) < 4.78 is 6.89. The standard InChI is InChI=1S/C52H43NO/c1-34(2)52(44-29-35(3)28-36(4)30-44)54-50-25-15-24-45(37(50)5)51-46-23-13-12-16-38(46)26-27-47(51)42-22-14-21-41(31-42)43-32-48(39-17-8-6-9-18-39)53-49(33-43)40-19-10-7-11-20-40/h6-33,52H,1H2,2-5H3. The molecule has 262 valence electrons.